The summed E-state index contributed by atoms with van der Waals surface area (Å²) in [5, 5.41) is 12.6. The summed E-state index contributed by atoms with van der Waals surface area (Å²) >= 11 is 6.07. The minimum Gasteiger partial charge on any atom is -0.495 e. The van der Waals surface area contributed by atoms with Crippen molar-refractivity contribution in [1.82, 2.24) is 0 Å². The molecular formula is C20H19ClN2O3. The minimum atomic E-state index is -0.526. The van der Waals surface area contributed by atoms with Crippen LogP contribution in [0.3, 0.4) is 0 Å². The molecule has 134 valence electrons. The maximum Gasteiger partial charge on any atom is 0.266 e. The largest absolute Gasteiger partial charge is 0.495 e. The van der Waals surface area contributed by atoms with Gasteiger partial charge >= 0.3 is 0 Å². The first-order valence-electron chi connectivity index (χ1n) is 7.98. The number of carbonyl (C=O) groups is 1. The molecule has 0 aliphatic rings. The number of nitriles is 1. The van der Waals surface area contributed by atoms with Crippen LogP contribution in [0.5, 0.6) is 11.5 Å². The van der Waals surface area contributed by atoms with Crippen molar-refractivity contribution in [2.45, 2.75) is 13.8 Å². The lowest BCUT2D eigenvalue weighted by Crippen LogP contribution is -2.14. The lowest BCUT2D eigenvalue weighted by molar-refractivity contribution is -0.112. The van der Waals surface area contributed by atoms with E-state index in [4.69, 9.17) is 21.1 Å². The van der Waals surface area contributed by atoms with E-state index in [2.05, 4.69) is 5.32 Å². The lowest BCUT2D eigenvalue weighted by atomic mass is 10.1. The van der Waals surface area contributed by atoms with Gasteiger partial charge in [0.15, 0.2) is 0 Å². The Labute approximate surface area is 157 Å². The lowest BCUT2D eigenvalue weighted by Gasteiger charge is -2.12. The van der Waals surface area contributed by atoms with Gasteiger partial charge in [-0.05, 0) is 49.2 Å². The standard InChI is InChI=1S/C20H19ClN2O3/c1-4-26-16-7-5-14(6-8-16)10-15(12-22)20(24)23-18-9-13(2)17(21)11-19(18)25-3/h5-11H,4H2,1-3H3,(H,23,24)/b15-10+. The van der Waals surface area contributed by atoms with Gasteiger partial charge in [-0.15, -0.1) is 0 Å². The van der Waals surface area contributed by atoms with Crippen LogP contribution in [0.25, 0.3) is 6.08 Å². The number of ether oxygens (including phenoxy) is 2. The van der Waals surface area contributed by atoms with Gasteiger partial charge in [0.2, 0.25) is 0 Å². The highest BCUT2D eigenvalue weighted by Crippen LogP contribution is 2.31. The summed E-state index contributed by atoms with van der Waals surface area (Å²) in [6, 6.07) is 12.4. The molecule has 0 aliphatic heterocycles. The number of nitrogens with zero attached hydrogens (tertiary/aromatic N) is 1. The second-order valence-electron chi connectivity index (χ2n) is 5.43. The highest BCUT2D eigenvalue weighted by atomic mass is 35.5. The molecular weight excluding hydrogens is 352 g/mol. The molecule has 0 atom stereocenters. The first-order valence-corrected chi connectivity index (χ1v) is 8.36. The van der Waals surface area contributed by atoms with Crippen molar-refractivity contribution in [2.24, 2.45) is 0 Å². The third kappa shape index (κ3) is 4.78. The van der Waals surface area contributed by atoms with Gasteiger partial charge in [-0.25, -0.2) is 0 Å². The van der Waals surface area contributed by atoms with E-state index in [1.807, 2.05) is 19.9 Å². The van der Waals surface area contributed by atoms with Gasteiger partial charge in [0.25, 0.3) is 5.91 Å². The molecule has 2 rings (SSSR count). The predicted molar refractivity (Wildman–Crippen MR) is 103 cm³/mol. The highest BCUT2D eigenvalue weighted by molar-refractivity contribution is 6.31. The summed E-state index contributed by atoms with van der Waals surface area (Å²) in [4.78, 5) is 12.5. The zero-order valence-electron chi connectivity index (χ0n) is 14.8. The van der Waals surface area contributed by atoms with E-state index in [0.29, 0.717) is 23.1 Å². The predicted octanol–water partition coefficient (Wildman–Crippen LogP) is 4.60. The fraction of sp³-hybridized carbons (Fsp3) is 0.200. The molecule has 2 aromatic carbocycles. The fourth-order valence-electron chi connectivity index (χ4n) is 2.26. The summed E-state index contributed by atoms with van der Waals surface area (Å²) in [6.45, 7) is 4.29. The number of benzene rings is 2. The number of hydrogen-bond donors (Lipinski definition) is 1. The Morgan fingerprint density at radius 2 is 2.00 bits per heavy atom. The first kappa shape index (κ1) is 19.4. The molecule has 0 saturated heterocycles. The number of carbonyl (C=O) groups excluding carboxylic acids is 1. The van der Waals surface area contributed by atoms with Crippen molar-refractivity contribution in [3.8, 4) is 17.6 Å². The number of anilines is 1. The maximum absolute atomic E-state index is 12.5. The van der Waals surface area contributed by atoms with Crippen molar-refractivity contribution in [3.63, 3.8) is 0 Å². The average Bonchev–Trinajstić information content (AvgIpc) is 2.64. The number of methoxy groups -OCH3 is 1. The highest BCUT2D eigenvalue weighted by Gasteiger charge is 2.14. The molecule has 6 heteroatoms. The van der Waals surface area contributed by atoms with E-state index in [0.717, 1.165) is 16.9 Å². The maximum atomic E-state index is 12.5. The van der Waals surface area contributed by atoms with Crippen LogP contribution < -0.4 is 14.8 Å². The fourth-order valence-corrected chi connectivity index (χ4v) is 2.42. The van der Waals surface area contributed by atoms with Gasteiger partial charge in [0.1, 0.15) is 23.1 Å². The van der Waals surface area contributed by atoms with E-state index in [1.54, 1.807) is 36.4 Å². The van der Waals surface area contributed by atoms with Crippen molar-refractivity contribution in [2.75, 3.05) is 19.0 Å². The zero-order chi connectivity index (χ0) is 19.1. The molecule has 0 spiro atoms. The Morgan fingerprint density at radius 3 is 2.58 bits per heavy atom. The quantitative estimate of drug-likeness (QED) is 0.595. The molecule has 0 bridgehead atoms. The normalized spacial score (nSPS) is 10.8. The molecule has 0 unspecified atom stereocenters. The van der Waals surface area contributed by atoms with Crippen LogP contribution in [0.2, 0.25) is 5.02 Å². The number of halogens is 1. The zero-order valence-corrected chi connectivity index (χ0v) is 15.6. The molecule has 1 amide bonds. The van der Waals surface area contributed by atoms with Gasteiger partial charge in [0.05, 0.1) is 19.4 Å². The van der Waals surface area contributed by atoms with Crippen molar-refractivity contribution in [3.05, 3.63) is 58.1 Å². The summed E-state index contributed by atoms with van der Waals surface area (Å²) < 4.78 is 10.6. The molecule has 0 saturated carbocycles. The number of rotatable bonds is 6. The number of amides is 1. The number of aryl methyl sites for hydroxylation is 1. The summed E-state index contributed by atoms with van der Waals surface area (Å²) in [5.74, 6) is 0.627. The van der Waals surface area contributed by atoms with Crippen molar-refractivity contribution >= 4 is 29.3 Å². The number of hydrogen-bond acceptors (Lipinski definition) is 4. The van der Waals surface area contributed by atoms with Crippen molar-refractivity contribution < 1.29 is 14.3 Å². The van der Waals surface area contributed by atoms with E-state index in [1.165, 1.54) is 13.2 Å². The SMILES string of the molecule is CCOc1ccc(/C=C(\C#N)C(=O)Nc2cc(C)c(Cl)cc2OC)cc1. The van der Waals surface area contributed by atoms with E-state index < -0.39 is 5.91 Å². The Balaban J connectivity index is 2.24. The molecule has 0 aliphatic carbocycles. The summed E-state index contributed by atoms with van der Waals surface area (Å²) in [7, 11) is 1.48. The van der Waals surface area contributed by atoms with Crippen LogP contribution in [0, 0.1) is 18.3 Å². The monoisotopic (exact) mass is 370 g/mol. The Hall–Kier alpha value is -2.97. The summed E-state index contributed by atoms with van der Waals surface area (Å²) in [5.41, 5.74) is 1.94. The Bertz CT molecular complexity index is 868. The van der Waals surface area contributed by atoms with E-state index >= 15 is 0 Å². The van der Waals surface area contributed by atoms with Crippen LogP contribution in [0.15, 0.2) is 42.0 Å². The third-order valence-corrected chi connectivity index (χ3v) is 4.00. The average molecular weight is 371 g/mol. The second-order valence-corrected chi connectivity index (χ2v) is 5.83. The van der Waals surface area contributed by atoms with Gasteiger partial charge in [0, 0.05) is 11.1 Å². The molecule has 2 aromatic rings. The van der Waals surface area contributed by atoms with Crippen LogP contribution in [-0.2, 0) is 4.79 Å². The Kier molecular flexibility index (Phi) is 6.65. The van der Waals surface area contributed by atoms with Crippen LogP contribution in [0.4, 0.5) is 5.69 Å². The second kappa shape index (κ2) is 8.93. The number of nitrogens with one attached hydrogen (secondary N) is 1. The molecule has 0 radical (unpaired) electrons. The van der Waals surface area contributed by atoms with Crippen LogP contribution in [-0.4, -0.2) is 19.6 Å². The smallest absolute Gasteiger partial charge is 0.266 e. The summed E-state index contributed by atoms with van der Waals surface area (Å²) in [6.07, 6.45) is 1.51. The molecule has 0 fully saturated rings. The Morgan fingerprint density at radius 1 is 1.31 bits per heavy atom. The van der Waals surface area contributed by atoms with E-state index in [9.17, 15) is 10.1 Å². The third-order valence-electron chi connectivity index (χ3n) is 3.60. The van der Waals surface area contributed by atoms with Crippen LogP contribution in [0.1, 0.15) is 18.1 Å². The molecule has 5 nitrogen and oxygen atoms in total. The van der Waals surface area contributed by atoms with Crippen molar-refractivity contribution in [1.29, 1.82) is 5.26 Å². The van der Waals surface area contributed by atoms with Gasteiger partial charge in [-0.2, -0.15) is 5.26 Å². The van der Waals surface area contributed by atoms with Crippen LogP contribution >= 0.6 is 11.6 Å². The molecule has 0 heterocycles. The first-order chi connectivity index (χ1) is 12.5. The molecule has 1 N–H and O–H groups in total. The minimum absolute atomic E-state index is 0.0242. The van der Waals surface area contributed by atoms with E-state index in [-0.39, 0.29) is 5.57 Å². The van der Waals surface area contributed by atoms with Gasteiger partial charge < -0.3 is 14.8 Å². The topological polar surface area (TPSA) is 71.3 Å². The van der Waals surface area contributed by atoms with Gasteiger partial charge in [-0.3, -0.25) is 4.79 Å². The molecule has 26 heavy (non-hydrogen) atoms. The molecule has 0 aromatic heterocycles. The van der Waals surface area contributed by atoms with Gasteiger partial charge in [-0.1, -0.05) is 23.7 Å².